The maximum atomic E-state index is 4.69. The van der Waals surface area contributed by atoms with Crippen molar-refractivity contribution in [2.75, 3.05) is 0 Å². The van der Waals surface area contributed by atoms with Crippen molar-refractivity contribution in [3.05, 3.63) is 41.6 Å². The van der Waals surface area contributed by atoms with Gasteiger partial charge in [0.2, 0.25) is 0 Å². The number of aromatic nitrogens is 1. The summed E-state index contributed by atoms with van der Waals surface area (Å²) in [5.74, 6) is 1.54. The Morgan fingerprint density at radius 2 is 2.21 bits per heavy atom. The number of rotatable bonds is 2. The molecule has 1 saturated carbocycles. The van der Waals surface area contributed by atoms with Gasteiger partial charge >= 0.3 is 0 Å². The van der Waals surface area contributed by atoms with E-state index >= 15 is 0 Å². The number of hydrogen-bond acceptors (Lipinski definition) is 3. The summed E-state index contributed by atoms with van der Waals surface area (Å²) in [5.41, 5.74) is 5.17. The molecule has 3 aliphatic carbocycles. The quantitative estimate of drug-likeness (QED) is 0.807. The van der Waals surface area contributed by atoms with Gasteiger partial charge in [0.1, 0.15) is 6.34 Å². The number of benzene rings is 1. The summed E-state index contributed by atoms with van der Waals surface area (Å²) >= 11 is 0. The Kier molecular flexibility index (Phi) is 2.82. The molecule has 2 heterocycles. The van der Waals surface area contributed by atoms with Crippen LogP contribution in [0, 0.1) is 17.3 Å². The van der Waals surface area contributed by atoms with Crippen molar-refractivity contribution in [2.24, 2.45) is 27.3 Å². The number of allylic oxidation sites excluding steroid dienone is 2. The first-order valence-corrected chi connectivity index (χ1v) is 8.77. The van der Waals surface area contributed by atoms with Gasteiger partial charge in [0.05, 0.1) is 24.1 Å². The summed E-state index contributed by atoms with van der Waals surface area (Å²) in [6, 6.07) is 8.31. The van der Waals surface area contributed by atoms with Crippen molar-refractivity contribution in [3.63, 3.8) is 0 Å². The molecular formula is C20H22N4. The Bertz CT molecular complexity index is 899. The van der Waals surface area contributed by atoms with Crippen LogP contribution in [0.15, 0.2) is 46.0 Å². The maximum absolute atomic E-state index is 4.69. The van der Waals surface area contributed by atoms with Crippen LogP contribution in [0.4, 0.5) is 5.69 Å². The van der Waals surface area contributed by atoms with E-state index in [4.69, 9.17) is 0 Å². The number of hydrazone groups is 1. The van der Waals surface area contributed by atoms with Crippen LogP contribution in [0.3, 0.4) is 0 Å². The lowest BCUT2D eigenvalue weighted by atomic mass is 9.49. The minimum absolute atomic E-state index is 0.441. The van der Waals surface area contributed by atoms with Gasteiger partial charge in [-0.25, -0.2) is 10.0 Å². The first-order valence-electron chi connectivity index (χ1n) is 8.77. The van der Waals surface area contributed by atoms with Crippen LogP contribution in [-0.4, -0.2) is 22.5 Å². The topological polar surface area (TPSA) is 43.8 Å². The highest BCUT2D eigenvalue weighted by atomic mass is 15.5. The summed E-state index contributed by atoms with van der Waals surface area (Å²) in [7, 11) is 0. The van der Waals surface area contributed by atoms with Crippen LogP contribution in [0.1, 0.15) is 32.4 Å². The minimum atomic E-state index is 0.441. The van der Waals surface area contributed by atoms with Crippen molar-refractivity contribution in [1.29, 1.82) is 0 Å². The standard InChI is InChI=1S/C20H22N4/c1-20(2)14-8-7-13(16(20)9-14)10-22-24-11-18-19(21-12-24)15-5-3-4-6-17(15)23-18/h3-7,10,12,14,16,23H,8-9,11H2,1-2H3/b22-10-/t14-,16+/m1/s1. The van der Waals surface area contributed by atoms with Crippen molar-refractivity contribution in [2.45, 2.75) is 33.2 Å². The fraction of sp³-hybridized carbons (Fsp3) is 0.400. The molecule has 4 heteroatoms. The van der Waals surface area contributed by atoms with Gasteiger partial charge in [0.15, 0.2) is 0 Å². The highest BCUT2D eigenvalue weighted by molar-refractivity contribution is 5.95. The van der Waals surface area contributed by atoms with Gasteiger partial charge in [-0.3, -0.25) is 0 Å². The molecular weight excluding hydrogens is 296 g/mol. The van der Waals surface area contributed by atoms with Gasteiger partial charge in [0, 0.05) is 10.9 Å². The predicted octanol–water partition coefficient (Wildman–Crippen LogP) is 4.62. The van der Waals surface area contributed by atoms with Gasteiger partial charge in [-0.15, -0.1) is 0 Å². The van der Waals surface area contributed by atoms with Gasteiger partial charge in [0.25, 0.3) is 0 Å². The zero-order valence-corrected chi connectivity index (χ0v) is 14.2. The van der Waals surface area contributed by atoms with E-state index in [-0.39, 0.29) is 0 Å². The normalized spacial score (nSPS) is 27.2. The molecule has 1 N–H and O–H groups in total. The largest absolute Gasteiger partial charge is 0.355 e. The van der Waals surface area contributed by atoms with Crippen molar-refractivity contribution >= 4 is 29.1 Å². The summed E-state index contributed by atoms with van der Waals surface area (Å²) in [5, 5.41) is 7.80. The van der Waals surface area contributed by atoms with Gasteiger partial charge in [-0.2, -0.15) is 5.10 Å². The number of H-pyrrole nitrogens is 1. The van der Waals surface area contributed by atoms with Crippen LogP contribution >= 0.6 is 0 Å². The van der Waals surface area contributed by atoms with E-state index in [2.05, 4.69) is 59.4 Å². The van der Waals surface area contributed by atoms with Crippen LogP contribution in [0.5, 0.6) is 0 Å². The SMILES string of the molecule is CC1(C)[C@@H]2CC=C(/C=N\N3C=Nc4c([nH]c5ccccc45)C3)[C@@H]1C2. The van der Waals surface area contributed by atoms with E-state index in [1.807, 2.05) is 17.4 Å². The van der Waals surface area contributed by atoms with Crippen LogP contribution in [0.2, 0.25) is 0 Å². The molecule has 122 valence electrons. The van der Waals surface area contributed by atoms with E-state index in [1.165, 1.54) is 23.8 Å². The monoisotopic (exact) mass is 318 g/mol. The van der Waals surface area contributed by atoms with Crippen LogP contribution in [-0.2, 0) is 6.54 Å². The van der Waals surface area contributed by atoms with E-state index in [9.17, 15) is 0 Å². The van der Waals surface area contributed by atoms with Crippen molar-refractivity contribution in [1.82, 2.24) is 9.99 Å². The molecule has 1 aromatic heterocycles. The highest BCUT2D eigenvalue weighted by Gasteiger charge is 2.50. The molecule has 0 amide bonds. The third-order valence-corrected chi connectivity index (χ3v) is 6.26. The fourth-order valence-corrected chi connectivity index (χ4v) is 4.53. The minimum Gasteiger partial charge on any atom is -0.355 e. The summed E-state index contributed by atoms with van der Waals surface area (Å²) in [4.78, 5) is 8.09. The molecule has 4 aliphatic rings. The molecule has 0 radical (unpaired) electrons. The first kappa shape index (κ1) is 14.0. The summed E-state index contributed by atoms with van der Waals surface area (Å²) in [6.07, 6.45) is 8.80. The number of fused-ring (bicyclic) bond motifs is 4. The van der Waals surface area contributed by atoms with Crippen LogP contribution < -0.4 is 0 Å². The smallest absolute Gasteiger partial charge is 0.113 e. The predicted molar refractivity (Wildman–Crippen MR) is 98.6 cm³/mol. The van der Waals surface area contributed by atoms with Gasteiger partial charge in [-0.1, -0.05) is 38.1 Å². The Balaban J connectivity index is 1.38. The number of aliphatic imine (C=N–C) groups is 1. The zero-order chi connectivity index (χ0) is 16.3. The van der Waals surface area contributed by atoms with Gasteiger partial charge < -0.3 is 4.98 Å². The van der Waals surface area contributed by atoms with Crippen molar-refractivity contribution < 1.29 is 0 Å². The van der Waals surface area contributed by atoms with Crippen molar-refractivity contribution in [3.8, 4) is 0 Å². The number of nitrogens with zero attached hydrogens (tertiary/aromatic N) is 3. The Hall–Kier alpha value is -2.36. The number of aromatic amines is 1. The average molecular weight is 318 g/mol. The molecule has 6 rings (SSSR count). The molecule has 2 atom stereocenters. The molecule has 1 aliphatic heterocycles. The zero-order valence-electron chi connectivity index (χ0n) is 14.2. The first-order chi connectivity index (χ1) is 11.6. The Morgan fingerprint density at radius 1 is 1.33 bits per heavy atom. The molecule has 0 spiro atoms. The molecule has 1 fully saturated rings. The van der Waals surface area contributed by atoms with Crippen LogP contribution in [0.25, 0.3) is 10.9 Å². The van der Waals surface area contributed by atoms with E-state index in [0.29, 0.717) is 11.3 Å². The lowest BCUT2D eigenvalue weighted by molar-refractivity contribution is -0.00132. The molecule has 4 nitrogen and oxygen atoms in total. The van der Waals surface area contributed by atoms with E-state index < -0.39 is 0 Å². The maximum Gasteiger partial charge on any atom is 0.113 e. The molecule has 0 unspecified atom stereocenters. The lowest BCUT2D eigenvalue weighted by Gasteiger charge is -2.55. The summed E-state index contributed by atoms with van der Waals surface area (Å²) in [6.45, 7) is 5.53. The molecule has 2 aromatic rings. The number of para-hydroxylation sites is 1. The third kappa shape index (κ3) is 1.92. The third-order valence-electron chi connectivity index (χ3n) is 6.26. The number of nitrogens with one attached hydrogen (secondary N) is 1. The van der Waals surface area contributed by atoms with E-state index in [1.54, 1.807) is 0 Å². The molecule has 24 heavy (non-hydrogen) atoms. The fourth-order valence-electron chi connectivity index (χ4n) is 4.53. The van der Waals surface area contributed by atoms with E-state index in [0.717, 1.165) is 29.4 Å². The second-order valence-electron chi connectivity index (χ2n) is 7.83. The number of hydrogen-bond donors (Lipinski definition) is 1. The second kappa shape index (κ2) is 4.82. The summed E-state index contributed by atoms with van der Waals surface area (Å²) < 4.78 is 0. The highest BCUT2D eigenvalue weighted by Crippen LogP contribution is 2.58. The molecule has 1 aromatic carbocycles. The molecule has 2 bridgehead atoms. The van der Waals surface area contributed by atoms with Gasteiger partial charge in [-0.05, 0) is 41.7 Å². The lowest BCUT2D eigenvalue weighted by Crippen LogP contribution is -2.48. The second-order valence-corrected chi connectivity index (χ2v) is 7.83. The Labute approximate surface area is 142 Å². The molecule has 0 saturated heterocycles. The average Bonchev–Trinajstić information content (AvgIpc) is 2.97. The Morgan fingerprint density at radius 3 is 3.04 bits per heavy atom.